The first-order valence-electron chi connectivity index (χ1n) is 8.97. The Morgan fingerprint density at radius 2 is 2.00 bits per heavy atom. The number of nitrogens with one attached hydrogen (secondary N) is 1. The van der Waals surface area contributed by atoms with E-state index in [1.165, 1.54) is 7.11 Å². The molecule has 1 rings (SSSR count). The van der Waals surface area contributed by atoms with Crippen molar-refractivity contribution in [3.05, 3.63) is 35.9 Å². The lowest BCUT2D eigenvalue weighted by molar-refractivity contribution is -0.132. The van der Waals surface area contributed by atoms with Crippen LogP contribution in [0.15, 0.2) is 30.4 Å². The summed E-state index contributed by atoms with van der Waals surface area (Å²) in [5, 5.41) is 2.89. The van der Waals surface area contributed by atoms with E-state index in [9.17, 15) is 9.59 Å². The molecule has 0 aliphatic carbocycles. The highest BCUT2D eigenvalue weighted by Gasteiger charge is 2.10. The summed E-state index contributed by atoms with van der Waals surface area (Å²) in [5.74, 6) is 0.798. The highest BCUT2D eigenvalue weighted by Crippen LogP contribution is 2.28. The molecule has 0 atom stereocenters. The lowest BCUT2D eigenvalue weighted by Gasteiger charge is -2.11. The summed E-state index contributed by atoms with van der Waals surface area (Å²) < 4.78 is 10.3. The van der Waals surface area contributed by atoms with E-state index in [-0.39, 0.29) is 12.5 Å². The van der Waals surface area contributed by atoms with Crippen LogP contribution in [0.3, 0.4) is 0 Å². The molecule has 0 bridgehead atoms. The van der Waals surface area contributed by atoms with Crippen LogP contribution in [0, 0.1) is 5.92 Å². The van der Waals surface area contributed by atoms with Gasteiger partial charge in [0.1, 0.15) is 0 Å². The Labute approximate surface area is 155 Å². The summed E-state index contributed by atoms with van der Waals surface area (Å²) in [7, 11) is 1.49. The van der Waals surface area contributed by atoms with Gasteiger partial charge in [0, 0.05) is 13.0 Å². The van der Waals surface area contributed by atoms with Crippen LogP contribution in [0.2, 0.25) is 0 Å². The van der Waals surface area contributed by atoms with Gasteiger partial charge >= 0.3 is 5.97 Å². The standard InChI is InChI=1S/C20H30N2O4/c1-15(2)8-6-4-5-7-9-19(23)22-14-16-10-11-17(18(12-16)25-3)26-20(24)13-21/h6,8,10-12,15H,4-5,7,9,13-14,21H2,1-3H3,(H,22,23)/b8-6+. The number of ether oxygens (including phenoxy) is 2. The van der Waals surface area contributed by atoms with Crippen molar-refractivity contribution in [3.63, 3.8) is 0 Å². The Bertz CT molecular complexity index is 612. The van der Waals surface area contributed by atoms with E-state index in [2.05, 4.69) is 31.3 Å². The molecular weight excluding hydrogens is 332 g/mol. The zero-order valence-electron chi connectivity index (χ0n) is 15.9. The molecule has 1 aromatic rings. The van der Waals surface area contributed by atoms with Crippen molar-refractivity contribution >= 4 is 11.9 Å². The van der Waals surface area contributed by atoms with Crippen LogP contribution in [-0.4, -0.2) is 25.5 Å². The number of carbonyl (C=O) groups excluding carboxylic acids is 2. The smallest absolute Gasteiger partial charge is 0.325 e. The van der Waals surface area contributed by atoms with Crippen molar-refractivity contribution in [1.82, 2.24) is 5.32 Å². The van der Waals surface area contributed by atoms with Gasteiger partial charge in [-0.2, -0.15) is 0 Å². The lowest BCUT2D eigenvalue weighted by atomic mass is 10.1. The van der Waals surface area contributed by atoms with E-state index >= 15 is 0 Å². The van der Waals surface area contributed by atoms with Gasteiger partial charge in [-0.25, -0.2) is 0 Å². The van der Waals surface area contributed by atoms with Gasteiger partial charge in [0.15, 0.2) is 11.5 Å². The van der Waals surface area contributed by atoms with Crippen molar-refractivity contribution in [2.45, 2.75) is 46.1 Å². The van der Waals surface area contributed by atoms with Crippen LogP contribution >= 0.6 is 0 Å². The van der Waals surface area contributed by atoms with E-state index in [4.69, 9.17) is 15.2 Å². The number of nitrogens with two attached hydrogens (primary N) is 1. The van der Waals surface area contributed by atoms with E-state index < -0.39 is 5.97 Å². The van der Waals surface area contributed by atoms with Crippen molar-refractivity contribution < 1.29 is 19.1 Å². The van der Waals surface area contributed by atoms with Gasteiger partial charge in [-0.15, -0.1) is 0 Å². The topological polar surface area (TPSA) is 90.6 Å². The average molecular weight is 362 g/mol. The number of hydrogen-bond acceptors (Lipinski definition) is 5. The third kappa shape index (κ3) is 8.67. The number of esters is 1. The van der Waals surface area contributed by atoms with Crippen LogP contribution in [-0.2, 0) is 16.1 Å². The maximum atomic E-state index is 11.9. The molecule has 0 saturated heterocycles. The number of methoxy groups -OCH3 is 1. The Morgan fingerprint density at radius 3 is 2.65 bits per heavy atom. The highest BCUT2D eigenvalue weighted by molar-refractivity contribution is 5.76. The zero-order chi connectivity index (χ0) is 19.4. The first-order valence-corrected chi connectivity index (χ1v) is 8.97. The van der Waals surface area contributed by atoms with Gasteiger partial charge in [-0.05, 0) is 42.9 Å². The number of rotatable bonds is 11. The first kappa shape index (κ1) is 21.7. The molecule has 0 fully saturated rings. The Hall–Kier alpha value is -2.34. The van der Waals surface area contributed by atoms with Crippen LogP contribution in [0.4, 0.5) is 0 Å². The second-order valence-electron chi connectivity index (χ2n) is 6.36. The second kappa shape index (κ2) is 12.1. The molecule has 0 unspecified atom stereocenters. The number of amides is 1. The molecule has 144 valence electrons. The number of carbonyl (C=O) groups is 2. The summed E-state index contributed by atoms with van der Waals surface area (Å²) in [4.78, 5) is 23.2. The van der Waals surface area contributed by atoms with E-state index in [0.29, 0.717) is 30.4 Å². The predicted octanol–water partition coefficient (Wildman–Crippen LogP) is 2.95. The summed E-state index contributed by atoms with van der Waals surface area (Å²) in [6.07, 6.45) is 7.75. The van der Waals surface area contributed by atoms with Gasteiger partial charge in [-0.3, -0.25) is 9.59 Å². The largest absolute Gasteiger partial charge is 0.493 e. The molecule has 0 aliphatic rings. The third-order valence-corrected chi connectivity index (χ3v) is 3.65. The Balaban J connectivity index is 2.39. The SMILES string of the molecule is COc1cc(CNC(=O)CCCC/C=C/C(C)C)ccc1OC(=O)CN. The van der Waals surface area contributed by atoms with Gasteiger partial charge in [-0.1, -0.05) is 32.1 Å². The minimum atomic E-state index is -0.535. The summed E-state index contributed by atoms with van der Waals surface area (Å²) in [6, 6.07) is 5.14. The Kier molecular flexibility index (Phi) is 10.1. The minimum absolute atomic E-state index is 0.0236. The van der Waals surface area contributed by atoms with E-state index in [1.54, 1.807) is 18.2 Å². The van der Waals surface area contributed by atoms with Gasteiger partial charge in [0.25, 0.3) is 0 Å². The quantitative estimate of drug-likeness (QED) is 0.273. The van der Waals surface area contributed by atoms with Gasteiger partial charge in [0.05, 0.1) is 13.7 Å². The number of unbranched alkanes of at least 4 members (excludes halogenated alkanes) is 2. The minimum Gasteiger partial charge on any atom is -0.493 e. The molecule has 6 heteroatoms. The number of hydrogen-bond donors (Lipinski definition) is 2. The van der Waals surface area contributed by atoms with Crippen LogP contribution in [0.25, 0.3) is 0 Å². The molecule has 0 radical (unpaired) electrons. The number of benzene rings is 1. The molecule has 0 saturated carbocycles. The fourth-order valence-electron chi connectivity index (χ4n) is 2.28. The van der Waals surface area contributed by atoms with E-state index in [0.717, 1.165) is 24.8 Å². The maximum absolute atomic E-state index is 11.9. The molecular formula is C20H30N2O4. The highest BCUT2D eigenvalue weighted by atomic mass is 16.6. The molecule has 1 amide bonds. The van der Waals surface area contributed by atoms with Crippen LogP contribution < -0.4 is 20.5 Å². The van der Waals surface area contributed by atoms with Crippen molar-refractivity contribution in [2.24, 2.45) is 11.7 Å². The van der Waals surface area contributed by atoms with Crippen molar-refractivity contribution in [3.8, 4) is 11.5 Å². The zero-order valence-corrected chi connectivity index (χ0v) is 15.9. The second-order valence-corrected chi connectivity index (χ2v) is 6.36. The molecule has 0 spiro atoms. The first-order chi connectivity index (χ1) is 12.5. The maximum Gasteiger partial charge on any atom is 0.325 e. The fourth-order valence-corrected chi connectivity index (χ4v) is 2.28. The average Bonchev–Trinajstić information content (AvgIpc) is 2.63. The molecule has 0 aromatic heterocycles. The third-order valence-electron chi connectivity index (χ3n) is 3.65. The molecule has 1 aromatic carbocycles. The normalized spacial score (nSPS) is 11.0. The van der Waals surface area contributed by atoms with Crippen molar-refractivity contribution in [1.29, 1.82) is 0 Å². The Morgan fingerprint density at radius 1 is 1.23 bits per heavy atom. The predicted molar refractivity (Wildman–Crippen MR) is 102 cm³/mol. The fraction of sp³-hybridized carbons (Fsp3) is 0.500. The monoisotopic (exact) mass is 362 g/mol. The van der Waals surface area contributed by atoms with Crippen LogP contribution in [0.1, 0.15) is 45.1 Å². The summed E-state index contributed by atoms with van der Waals surface area (Å²) in [5.41, 5.74) is 6.10. The van der Waals surface area contributed by atoms with Crippen LogP contribution in [0.5, 0.6) is 11.5 Å². The van der Waals surface area contributed by atoms with E-state index in [1.807, 2.05) is 0 Å². The molecule has 3 N–H and O–H groups in total. The number of allylic oxidation sites excluding steroid dienone is 2. The molecule has 26 heavy (non-hydrogen) atoms. The molecule has 0 heterocycles. The van der Waals surface area contributed by atoms with Gasteiger partial charge < -0.3 is 20.5 Å². The molecule has 6 nitrogen and oxygen atoms in total. The summed E-state index contributed by atoms with van der Waals surface area (Å²) >= 11 is 0. The van der Waals surface area contributed by atoms with Gasteiger partial charge in [0.2, 0.25) is 5.91 Å². The summed E-state index contributed by atoms with van der Waals surface area (Å²) in [6.45, 7) is 4.49. The molecule has 0 aliphatic heterocycles. The van der Waals surface area contributed by atoms with Crippen molar-refractivity contribution in [2.75, 3.05) is 13.7 Å². The lowest BCUT2D eigenvalue weighted by Crippen LogP contribution is -2.22.